The molecule has 0 radical (unpaired) electrons. The molecule has 0 aromatic carbocycles. The van der Waals surface area contributed by atoms with Crippen molar-refractivity contribution in [1.29, 1.82) is 0 Å². The van der Waals surface area contributed by atoms with Crippen LogP contribution in [0.15, 0.2) is 12.4 Å². The Morgan fingerprint density at radius 2 is 2.15 bits per heavy atom. The van der Waals surface area contributed by atoms with Crippen LogP contribution in [-0.4, -0.2) is 41.2 Å². The molecule has 1 aromatic heterocycles. The maximum atomic E-state index is 12.4. The van der Waals surface area contributed by atoms with E-state index in [-0.39, 0.29) is 11.6 Å². The summed E-state index contributed by atoms with van der Waals surface area (Å²) in [5.74, 6) is 0. The van der Waals surface area contributed by atoms with Crippen LogP contribution in [0.2, 0.25) is 5.02 Å². The summed E-state index contributed by atoms with van der Waals surface area (Å²) in [5, 5.41) is 3.49. The minimum Gasteiger partial charge on any atom is -0.381 e. The SMILES string of the molecule is Cc1c(Cl)cncc1NC(=O)N1CCC12CCOCC2. The lowest BCUT2D eigenvalue weighted by molar-refractivity contribution is -0.0600. The van der Waals surface area contributed by atoms with Crippen LogP contribution in [0.25, 0.3) is 0 Å². The molecule has 1 aromatic rings. The van der Waals surface area contributed by atoms with Gasteiger partial charge in [0.1, 0.15) is 0 Å². The standard InChI is InChI=1S/C14H18ClN3O2/c1-10-11(15)8-16-9-12(10)17-13(19)18-5-2-14(18)3-6-20-7-4-14/h8-9H,2-7H2,1H3,(H,17,19). The smallest absolute Gasteiger partial charge is 0.322 e. The van der Waals surface area contributed by atoms with Crippen LogP contribution in [0.1, 0.15) is 24.8 Å². The van der Waals surface area contributed by atoms with Gasteiger partial charge in [0.05, 0.1) is 22.4 Å². The summed E-state index contributed by atoms with van der Waals surface area (Å²) in [4.78, 5) is 18.4. The molecule has 2 aliphatic heterocycles. The summed E-state index contributed by atoms with van der Waals surface area (Å²) in [6, 6.07) is -0.0645. The third-order valence-electron chi connectivity index (χ3n) is 4.44. The van der Waals surface area contributed by atoms with Crippen LogP contribution in [-0.2, 0) is 4.74 Å². The molecule has 1 N–H and O–H groups in total. The van der Waals surface area contributed by atoms with Gasteiger partial charge in [0, 0.05) is 26.0 Å². The van der Waals surface area contributed by atoms with Crippen molar-refractivity contribution in [1.82, 2.24) is 9.88 Å². The second-order valence-corrected chi connectivity index (χ2v) is 5.87. The number of likely N-dealkylation sites (tertiary alicyclic amines) is 1. The number of ether oxygens (including phenoxy) is 1. The Kier molecular flexibility index (Phi) is 3.56. The van der Waals surface area contributed by atoms with E-state index < -0.39 is 0 Å². The Labute approximate surface area is 123 Å². The highest BCUT2D eigenvalue weighted by atomic mass is 35.5. The van der Waals surface area contributed by atoms with Crippen molar-refractivity contribution < 1.29 is 9.53 Å². The molecule has 108 valence electrons. The number of nitrogens with one attached hydrogen (secondary N) is 1. The van der Waals surface area contributed by atoms with E-state index in [1.165, 1.54) is 0 Å². The van der Waals surface area contributed by atoms with Gasteiger partial charge in [-0.1, -0.05) is 11.6 Å². The second-order valence-electron chi connectivity index (χ2n) is 5.46. The monoisotopic (exact) mass is 295 g/mol. The molecule has 3 rings (SSSR count). The Balaban J connectivity index is 1.72. The quantitative estimate of drug-likeness (QED) is 0.867. The van der Waals surface area contributed by atoms with Crippen molar-refractivity contribution in [3.8, 4) is 0 Å². The summed E-state index contributed by atoms with van der Waals surface area (Å²) < 4.78 is 5.40. The van der Waals surface area contributed by atoms with E-state index in [4.69, 9.17) is 16.3 Å². The Bertz CT molecular complexity index is 529. The number of pyridine rings is 1. The largest absolute Gasteiger partial charge is 0.381 e. The van der Waals surface area contributed by atoms with E-state index in [2.05, 4.69) is 10.3 Å². The van der Waals surface area contributed by atoms with Gasteiger partial charge in [-0.3, -0.25) is 4.98 Å². The highest BCUT2D eigenvalue weighted by Gasteiger charge is 2.48. The van der Waals surface area contributed by atoms with Crippen molar-refractivity contribution in [3.05, 3.63) is 23.0 Å². The van der Waals surface area contributed by atoms with Gasteiger partial charge in [0.25, 0.3) is 0 Å². The number of carbonyl (C=O) groups excluding carboxylic acids is 1. The molecular weight excluding hydrogens is 278 g/mol. The lowest BCUT2D eigenvalue weighted by atomic mass is 9.78. The molecule has 0 saturated carbocycles. The molecular formula is C14H18ClN3O2. The molecule has 0 aliphatic carbocycles. The third kappa shape index (κ3) is 2.25. The fourth-order valence-electron chi connectivity index (χ4n) is 2.94. The van der Waals surface area contributed by atoms with Crippen LogP contribution in [0.3, 0.4) is 0 Å². The number of nitrogens with zero attached hydrogens (tertiary/aromatic N) is 2. The van der Waals surface area contributed by atoms with E-state index >= 15 is 0 Å². The Hall–Kier alpha value is -1.33. The van der Waals surface area contributed by atoms with E-state index in [0.29, 0.717) is 10.7 Å². The number of amides is 2. The lowest BCUT2D eigenvalue weighted by Crippen LogP contribution is -2.65. The van der Waals surface area contributed by atoms with E-state index in [1.54, 1.807) is 12.4 Å². The number of urea groups is 1. The van der Waals surface area contributed by atoms with Gasteiger partial charge < -0.3 is 15.0 Å². The van der Waals surface area contributed by atoms with Gasteiger partial charge in [-0.05, 0) is 31.7 Å². The molecule has 2 saturated heterocycles. The number of aromatic nitrogens is 1. The zero-order chi connectivity index (χ0) is 14.2. The number of rotatable bonds is 1. The minimum atomic E-state index is -0.0645. The first kappa shape index (κ1) is 13.6. The molecule has 3 heterocycles. The number of carbonyl (C=O) groups is 1. The predicted octanol–water partition coefficient (Wildman–Crippen LogP) is 2.83. The molecule has 0 atom stereocenters. The first-order valence-electron chi connectivity index (χ1n) is 6.89. The van der Waals surface area contributed by atoms with E-state index in [9.17, 15) is 4.79 Å². The van der Waals surface area contributed by atoms with Gasteiger partial charge in [-0.25, -0.2) is 4.79 Å². The maximum Gasteiger partial charge on any atom is 0.322 e. The maximum absolute atomic E-state index is 12.4. The van der Waals surface area contributed by atoms with E-state index in [1.807, 2.05) is 11.8 Å². The fraction of sp³-hybridized carbons (Fsp3) is 0.571. The van der Waals surface area contributed by atoms with Gasteiger partial charge in [0.15, 0.2) is 0 Å². The van der Waals surface area contributed by atoms with Crippen LogP contribution in [0.5, 0.6) is 0 Å². The molecule has 2 fully saturated rings. The normalized spacial score (nSPS) is 20.6. The van der Waals surface area contributed by atoms with Crippen LogP contribution >= 0.6 is 11.6 Å². The minimum absolute atomic E-state index is 0.00222. The molecule has 1 spiro atoms. The van der Waals surface area contributed by atoms with Gasteiger partial charge in [-0.15, -0.1) is 0 Å². The van der Waals surface area contributed by atoms with Crippen LogP contribution < -0.4 is 5.32 Å². The highest BCUT2D eigenvalue weighted by molar-refractivity contribution is 6.31. The predicted molar refractivity (Wildman–Crippen MR) is 77.1 cm³/mol. The Morgan fingerprint density at radius 3 is 2.80 bits per heavy atom. The van der Waals surface area contributed by atoms with Crippen molar-refractivity contribution in [3.63, 3.8) is 0 Å². The third-order valence-corrected chi connectivity index (χ3v) is 4.82. The van der Waals surface area contributed by atoms with Crippen molar-refractivity contribution in [2.75, 3.05) is 25.1 Å². The molecule has 5 nitrogen and oxygen atoms in total. The number of hydrogen-bond acceptors (Lipinski definition) is 3. The molecule has 0 bridgehead atoms. The van der Waals surface area contributed by atoms with E-state index in [0.717, 1.165) is 44.6 Å². The molecule has 0 unspecified atom stereocenters. The first-order chi connectivity index (χ1) is 9.62. The van der Waals surface area contributed by atoms with Crippen molar-refractivity contribution >= 4 is 23.3 Å². The van der Waals surface area contributed by atoms with Gasteiger partial charge in [0.2, 0.25) is 0 Å². The van der Waals surface area contributed by atoms with Crippen LogP contribution in [0.4, 0.5) is 10.5 Å². The van der Waals surface area contributed by atoms with Gasteiger partial charge in [-0.2, -0.15) is 0 Å². The zero-order valence-electron chi connectivity index (χ0n) is 11.5. The zero-order valence-corrected chi connectivity index (χ0v) is 12.2. The van der Waals surface area contributed by atoms with Crippen molar-refractivity contribution in [2.24, 2.45) is 0 Å². The summed E-state index contributed by atoms with van der Waals surface area (Å²) in [5.41, 5.74) is 1.52. The molecule has 20 heavy (non-hydrogen) atoms. The molecule has 2 amide bonds. The lowest BCUT2D eigenvalue weighted by Gasteiger charge is -2.54. The van der Waals surface area contributed by atoms with Gasteiger partial charge >= 0.3 is 6.03 Å². The molecule has 2 aliphatic rings. The number of hydrogen-bond donors (Lipinski definition) is 1. The van der Waals surface area contributed by atoms with Crippen LogP contribution in [0, 0.1) is 6.92 Å². The summed E-state index contributed by atoms with van der Waals surface area (Å²) >= 11 is 6.02. The van der Waals surface area contributed by atoms with Crippen molar-refractivity contribution in [2.45, 2.75) is 31.7 Å². The first-order valence-corrected chi connectivity index (χ1v) is 7.27. The fourth-order valence-corrected chi connectivity index (χ4v) is 3.09. The topological polar surface area (TPSA) is 54.5 Å². The second kappa shape index (κ2) is 5.22. The summed E-state index contributed by atoms with van der Waals surface area (Å²) in [7, 11) is 0. The molecule has 6 heteroatoms. The summed E-state index contributed by atoms with van der Waals surface area (Å²) in [6.45, 7) is 4.15. The number of halogens is 1. The Morgan fingerprint density at radius 1 is 1.40 bits per heavy atom. The highest BCUT2D eigenvalue weighted by Crippen LogP contribution is 2.39. The number of anilines is 1. The average molecular weight is 296 g/mol. The summed E-state index contributed by atoms with van der Waals surface area (Å²) in [6.07, 6.45) is 6.13. The average Bonchev–Trinajstić information content (AvgIpc) is 2.43.